The van der Waals surface area contributed by atoms with Crippen molar-refractivity contribution in [3.8, 4) is 0 Å². The molecule has 2 amide bonds. The SMILES string of the molecule is CC(N)C1CCCN(C(=O)CN2CCCCC2=O)C1. The molecule has 108 valence electrons. The first-order valence-electron chi connectivity index (χ1n) is 7.39. The lowest BCUT2D eigenvalue weighted by Gasteiger charge is -2.36. The molecule has 2 unspecified atom stereocenters. The molecule has 2 aliphatic rings. The number of amides is 2. The maximum atomic E-state index is 12.3. The van der Waals surface area contributed by atoms with Gasteiger partial charge in [-0.25, -0.2) is 0 Å². The Hall–Kier alpha value is -1.10. The summed E-state index contributed by atoms with van der Waals surface area (Å²) in [5.41, 5.74) is 5.93. The third-order valence-electron chi connectivity index (χ3n) is 4.30. The summed E-state index contributed by atoms with van der Waals surface area (Å²) in [6, 6.07) is 0.132. The standard InChI is InChI=1S/C14H25N3O2/c1-11(15)12-5-4-8-16(9-12)14(19)10-17-7-3-2-6-13(17)18/h11-12H,2-10,15H2,1H3. The first-order chi connectivity index (χ1) is 9.08. The number of rotatable bonds is 3. The zero-order valence-electron chi connectivity index (χ0n) is 11.8. The molecule has 5 heteroatoms. The van der Waals surface area contributed by atoms with E-state index in [-0.39, 0.29) is 24.4 Å². The second-order valence-corrected chi connectivity index (χ2v) is 5.87. The monoisotopic (exact) mass is 267 g/mol. The maximum Gasteiger partial charge on any atom is 0.242 e. The van der Waals surface area contributed by atoms with Crippen LogP contribution in [0.15, 0.2) is 0 Å². The third kappa shape index (κ3) is 3.69. The van der Waals surface area contributed by atoms with Gasteiger partial charge in [-0.3, -0.25) is 9.59 Å². The van der Waals surface area contributed by atoms with Crippen molar-refractivity contribution < 1.29 is 9.59 Å². The average Bonchev–Trinajstić information content (AvgIpc) is 2.41. The van der Waals surface area contributed by atoms with Gasteiger partial charge in [0.2, 0.25) is 11.8 Å². The van der Waals surface area contributed by atoms with E-state index in [0.717, 1.165) is 45.3 Å². The van der Waals surface area contributed by atoms with Crippen molar-refractivity contribution in [3.63, 3.8) is 0 Å². The minimum atomic E-state index is 0.0839. The number of likely N-dealkylation sites (tertiary alicyclic amines) is 2. The lowest BCUT2D eigenvalue weighted by atomic mass is 9.92. The molecular weight excluding hydrogens is 242 g/mol. The molecule has 2 fully saturated rings. The van der Waals surface area contributed by atoms with Crippen LogP contribution in [0.3, 0.4) is 0 Å². The lowest BCUT2D eigenvalue weighted by Crippen LogP contribution is -2.49. The summed E-state index contributed by atoms with van der Waals surface area (Å²) in [6.45, 7) is 4.55. The second kappa shape index (κ2) is 6.37. The summed E-state index contributed by atoms with van der Waals surface area (Å²) in [7, 11) is 0. The predicted octanol–water partition coefficient (Wildman–Crippen LogP) is 0.585. The molecule has 0 aromatic heterocycles. The molecule has 2 aliphatic heterocycles. The van der Waals surface area contributed by atoms with Gasteiger partial charge < -0.3 is 15.5 Å². The van der Waals surface area contributed by atoms with Crippen LogP contribution in [0.25, 0.3) is 0 Å². The normalized spacial score (nSPS) is 26.4. The number of hydrogen-bond acceptors (Lipinski definition) is 3. The highest BCUT2D eigenvalue weighted by atomic mass is 16.2. The Morgan fingerprint density at radius 2 is 2.16 bits per heavy atom. The van der Waals surface area contributed by atoms with E-state index in [9.17, 15) is 9.59 Å². The van der Waals surface area contributed by atoms with Gasteiger partial charge in [0.05, 0.1) is 6.54 Å². The molecule has 5 nitrogen and oxygen atoms in total. The summed E-state index contributed by atoms with van der Waals surface area (Å²) >= 11 is 0. The van der Waals surface area contributed by atoms with Crippen LogP contribution in [-0.2, 0) is 9.59 Å². The van der Waals surface area contributed by atoms with Crippen LogP contribution in [-0.4, -0.2) is 53.8 Å². The fraction of sp³-hybridized carbons (Fsp3) is 0.857. The van der Waals surface area contributed by atoms with Gasteiger partial charge in [0.15, 0.2) is 0 Å². The number of nitrogens with two attached hydrogens (primary N) is 1. The first-order valence-corrected chi connectivity index (χ1v) is 7.39. The summed E-state index contributed by atoms with van der Waals surface area (Å²) in [5.74, 6) is 0.607. The van der Waals surface area contributed by atoms with Crippen molar-refractivity contribution in [1.82, 2.24) is 9.80 Å². The van der Waals surface area contributed by atoms with Gasteiger partial charge in [-0.1, -0.05) is 0 Å². The van der Waals surface area contributed by atoms with Crippen LogP contribution in [0.5, 0.6) is 0 Å². The number of nitrogens with zero attached hydrogens (tertiary/aromatic N) is 2. The molecule has 2 heterocycles. The second-order valence-electron chi connectivity index (χ2n) is 5.87. The van der Waals surface area contributed by atoms with Crippen molar-refractivity contribution in [2.24, 2.45) is 11.7 Å². The largest absolute Gasteiger partial charge is 0.341 e. The summed E-state index contributed by atoms with van der Waals surface area (Å²) < 4.78 is 0. The highest BCUT2D eigenvalue weighted by molar-refractivity contribution is 5.85. The van der Waals surface area contributed by atoms with Crippen LogP contribution in [0.1, 0.15) is 39.0 Å². The highest BCUT2D eigenvalue weighted by Gasteiger charge is 2.28. The molecule has 19 heavy (non-hydrogen) atoms. The fourth-order valence-corrected chi connectivity index (χ4v) is 2.96. The number of carbonyl (C=O) groups is 2. The van der Waals surface area contributed by atoms with Crippen LogP contribution >= 0.6 is 0 Å². The van der Waals surface area contributed by atoms with E-state index in [2.05, 4.69) is 0 Å². The van der Waals surface area contributed by atoms with Crippen molar-refractivity contribution in [2.45, 2.75) is 45.1 Å². The van der Waals surface area contributed by atoms with Crippen molar-refractivity contribution in [3.05, 3.63) is 0 Å². The average molecular weight is 267 g/mol. The van der Waals surface area contributed by atoms with E-state index in [0.29, 0.717) is 12.3 Å². The van der Waals surface area contributed by atoms with Gasteiger partial charge in [-0.2, -0.15) is 0 Å². The summed E-state index contributed by atoms with van der Waals surface area (Å²) in [4.78, 5) is 27.6. The van der Waals surface area contributed by atoms with Gasteiger partial charge in [-0.15, -0.1) is 0 Å². The van der Waals surface area contributed by atoms with Gasteiger partial charge in [0.25, 0.3) is 0 Å². The van der Waals surface area contributed by atoms with Gasteiger partial charge in [0.1, 0.15) is 0 Å². The number of carbonyl (C=O) groups excluding carboxylic acids is 2. The van der Waals surface area contributed by atoms with E-state index in [4.69, 9.17) is 5.73 Å². The van der Waals surface area contributed by atoms with Crippen molar-refractivity contribution in [2.75, 3.05) is 26.2 Å². The summed E-state index contributed by atoms with van der Waals surface area (Å²) in [6.07, 6.45) is 4.69. The zero-order valence-corrected chi connectivity index (χ0v) is 11.8. The minimum Gasteiger partial charge on any atom is -0.341 e. The van der Waals surface area contributed by atoms with Crippen molar-refractivity contribution >= 4 is 11.8 Å². The Morgan fingerprint density at radius 1 is 1.37 bits per heavy atom. The zero-order chi connectivity index (χ0) is 13.8. The third-order valence-corrected chi connectivity index (χ3v) is 4.30. The van der Waals surface area contributed by atoms with E-state index >= 15 is 0 Å². The Bertz CT molecular complexity index is 344. The van der Waals surface area contributed by atoms with E-state index in [1.807, 2.05) is 11.8 Å². The molecule has 2 N–H and O–H groups in total. The Balaban J connectivity index is 1.86. The fourth-order valence-electron chi connectivity index (χ4n) is 2.96. The summed E-state index contributed by atoms with van der Waals surface area (Å²) in [5, 5.41) is 0. The Labute approximate surface area is 115 Å². The molecule has 2 saturated heterocycles. The minimum absolute atomic E-state index is 0.0839. The molecule has 2 rings (SSSR count). The molecule has 2 atom stereocenters. The topological polar surface area (TPSA) is 66.6 Å². The van der Waals surface area contributed by atoms with E-state index < -0.39 is 0 Å². The maximum absolute atomic E-state index is 12.3. The molecule has 0 aromatic rings. The van der Waals surface area contributed by atoms with Crippen LogP contribution < -0.4 is 5.73 Å². The molecule has 0 spiro atoms. The Morgan fingerprint density at radius 3 is 2.84 bits per heavy atom. The smallest absolute Gasteiger partial charge is 0.242 e. The first kappa shape index (κ1) is 14.3. The Kier molecular flexibility index (Phi) is 4.80. The molecular formula is C14H25N3O2. The molecule has 0 radical (unpaired) electrons. The molecule has 0 saturated carbocycles. The molecule has 0 aromatic carbocycles. The van der Waals surface area contributed by atoms with E-state index in [1.165, 1.54) is 0 Å². The number of piperidine rings is 2. The van der Waals surface area contributed by atoms with Crippen LogP contribution in [0, 0.1) is 5.92 Å². The van der Waals surface area contributed by atoms with Crippen LogP contribution in [0.4, 0.5) is 0 Å². The van der Waals surface area contributed by atoms with Gasteiger partial charge in [-0.05, 0) is 38.5 Å². The van der Waals surface area contributed by atoms with Gasteiger partial charge in [0, 0.05) is 32.1 Å². The van der Waals surface area contributed by atoms with Crippen LogP contribution in [0.2, 0.25) is 0 Å². The van der Waals surface area contributed by atoms with Crippen molar-refractivity contribution in [1.29, 1.82) is 0 Å². The van der Waals surface area contributed by atoms with Gasteiger partial charge >= 0.3 is 0 Å². The predicted molar refractivity (Wildman–Crippen MR) is 73.4 cm³/mol. The molecule has 0 bridgehead atoms. The molecule has 0 aliphatic carbocycles. The van der Waals surface area contributed by atoms with E-state index in [1.54, 1.807) is 4.90 Å². The number of hydrogen-bond donors (Lipinski definition) is 1. The quantitative estimate of drug-likeness (QED) is 0.813. The lowest BCUT2D eigenvalue weighted by molar-refractivity contribution is -0.142. The highest BCUT2D eigenvalue weighted by Crippen LogP contribution is 2.19.